The molecule has 2 aromatic heterocycles. The van der Waals surface area contributed by atoms with E-state index in [2.05, 4.69) is 127 Å². The lowest BCUT2D eigenvalue weighted by Crippen LogP contribution is -2.07. The first-order valence-corrected chi connectivity index (χ1v) is 12.3. The van der Waals surface area contributed by atoms with Crippen molar-refractivity contribution in [3.8, 4) is 0 Å². The molecule has 0 saturated carbocycles. The number of rotatable bonds is 3. The molecule has 0 aliphatic rings. The number of nitrogens with one attached hydrogen (secondary N) is 2. The monoisotopic (exact) mass is 450 g/mol. The second-order valence-corrected chi connectivity index (χ2v) is 9.58. The number of aryl methyl sites for hydroxylation is 2. The first-order valence-electron chi connectivity index (χ1n) is 12.3. The van der Waals surface area contributed by atoms with Crippen LogP contribution < -0.4 is 0 Å². The number of H-pyrrole nitrogens is 2. The summed E-state index contributed by atoms with van der Waals surface area (Å²) in [5.74, 6) is 0.0679. The van der Waals surface area contributed by atoms with E-state index in [1.54, 1.807) is 0 Å². The zero-order chi connectivity index (χ0) is 23.5. The van der Waals surface area contributed by atoms with Crippen LogP contribution in [0.4, 0.5) is 0 Å². The van der Waals surface area contributed by atoms with Crippen LogP contribution in [0.2, 0.25) is 0 Å². The van der Waals surface area contributed by atoms with Gasteiger partial charge in [0.25, 0.3) is 0 Å². The molecule has 7 rings (SSSR count). The first kappa shape index (κ1) is 20.1. The average Bonchev–Trinajstić information content (AvgIpc) is 3.39. The third-order valence-electron chi connectivity index (χ3n) is 7.57. The minimum absolute atomic E-state index is 0.0679. The van der Waals surface area contributed by atoms with E-state index in [9.17, 15) is 0 Å². The summed E-state index contributed by atoms with van der Waals surface area (Å²) in [5, 5.41) is 7.76. The van der Waals surface area contributed by atoms with Crippen LogP contribution in [0, 0.1) is 13.8 Å². The molecule has 5 aromatic carbocycles. The van der Waals surface area contributed by atoms with Gasteiger partial charge in [0.15, 0.2) is 0 Å². The summed E-state index contributed by atoms with van der Waals surface area (Å²) in [4.78, 5) is 7.39. The number of benzene rings is 5. The number of fused-ring (bicyclic) bond motifs is 4. The fourth-order valence-electron chi connectivity index (χ4n) is 6.13. The number of aromatic amines is 2. The predicted molar refractivity (Wildman–Crippen MR) is 148 cm³/mol. The smallest absolute Gasteiger partial charge is 0.0459 e. The van der Waals surface area contributed by atoms with Gasteiger partial charge in [-0.3, -0.25) is 0 Å². The van der Waals surface area contributed by atoms with Gasteiger partial charge < -0.3 is 9.97 Å². The highest BCUT2D eigenvalue weighted by atomic mass is 14.7. The number of hydrogen-bond acceptors (Lipinski definition) is 0. The van der Waals surface area contributed by atoms with Gasteiger partial charge in [0.2, 0.25) is 0 Å². The van der Waals surface area contributed by atoms with E-state index in [1.165, 1.54) is 71.4 Å². The van der Waals surface area contributed by atoms with Crippen LogP contribution in [0.15, 0.2) is 103 Å². The summed E-state index contributed by atoms with van der Waals surface area (Å²) in [5.41, 5.74) is 8.90. The highest BCUT2D eigenvalue weighted by Crippen LogP contribution is 2.47. The van der Waals surface area contributed by atoms with E-state index in [4.69, 9.17) is 0 Å². The SMILES string of the molecule is Cc1[nH]c2ccccc2c1C(c1c2ccccc2cc2ccccc12)c1c(C)[nH]c2ccccc12. The molecule has 2 N–H and O–H groups in total. The van der Waals surface area contributed by atoms with Gasteiger partial charge in [-0.2, -0.15) is 0 Å². The molecular weight excluding hydrogens is 424 g/mol. The molecule has 0 unspecified atom stereocenters. The summed E-state index contributed by atoms with van der Waals surface area (Å²) in [6, 6.07) is 37.4. The second-order valence-electron chi connectivity index (χ2n) is 9.58. The molecule has 0 fully saturated rings. The van der Waals surface area contributed by atoms with E-state index in [-0.39, 0.29) is 5.92 Å². The largest absolute Gasteiger partial charge is 0.358 e. The maximum atomic E-state index is 3.69. The molecule has 0 spiro atoms. The maximum Gasteiger partial charge on any atom is 0.0459 e. The fraction of sp³-hybridized carbons (Fsp3) is 0.0909. The Morgan fingerprint density at radius 3 is 1.34 bits per heavy atom. The molecular formula is C33H26N2. The summed E-state index contributed by atoms with van der Waals surface area (Å²) >= 11 is 0. The van der Waals surface area contributed by atoms with Crippen molar-refractivity contribution >= 4 is 43.4 Å². The van der Waals surface area contributed by atoms with Crippen molar-refractivity contribution in [2.75, 3.05) is 0 Å². The van der Waals surface area contributed by atoms with Crippen molar-refractivity contribution in [3.05, 3.63) is 131 Å². The normalized spacial score (nSPS) is 12.0. The van der Waals surface area contributed by atoms with Crippen molar-refractivity contribution in [1.29, 1.82) is 0 Å². The van der Waals surface area contributed by atoms with Gasteiger partial charge in [-0.05, 0) is 70.3 Å². The Kier molecular flexibility index (Phi) is 4.37. The molecule has 0 aliphatic carbocycles. The minimum atomic E-state index is 0.0679. The highest BCUT2D eigenvalue weighted by molar-refractivity contribution is 6.05. The lowest BCUT2D eigenvalue weighted by atomic mass is 9.78. The predicted octanol–water partition coefficient (Wildman–Crippen LogP) is 8.75. The highest BCUT2D eigenvalue weighted by Gasteiger charge is 2.29. The molecule has 2 heterocycles. The quantitative estimate of drug-likeness (QED) is 0.252. The van der Waals surface area contributed by atoms with Gasteiger partial charge in [-0.1, -0.05) is 84.9 Å². The van der Waals surface area contributed by atoms with E-state index < -0.39 is 0 Å². The lowest BCUT2D eigenvalue weighted by molar-refractivity contribution is 0.981. The molecule has 2 nitrogen and oxygen atoms in total. The molecule has 0 atom stereocenters. The molecule has 2 heteroatoms. The third-order valence-corrected chi connectivity index (χ3v) is 7.57. The molecule has 0 amide bonds. The Morgan fingerprint density at radius 1 is 0.457 bits per heavy atom. The van der Waals surface area contributed by atoms with Gasteiger partial charge in [0.05, 0.1) is 0 Å². The molecule has 7 aromatic rings. The number of para-hydroxylation sites is 2. The summed E-state index contributed by atoms with van der Waals surface area (Å²) < 4.78 is 0. The zero-order valence-electron chi connectivity index (χ0n) is 19.9. The van der Waals surface area contributed by atoms with Crippen LogP contribution >= 0.6 is 0 Å². The van der Waals surface area contributed by atoms with Gasteiger partial charge >= 0.3 is 0 Å². The van der Waals surface area contributed by atoms with Gasteiger partial charge in [-0.15, -0.1) is 0 Å². The standard InChI is InChI=1S/C33H26N2/c1-20-30(26-15-7-9-17-28(26)34-20)33(31-21(2)35-29-18-10-8-16-27(29)31)32-24-13-5-3-11-22(24)19-23-12-4-6-14-25(23)32/h3-19,33-35H,1-2H3. The van der Waals surface area contributed by atoms with E-state index >= 15 is 0 Å². The van der Waals surface area contributed by atoms with Crippen molar-refractivity contribution in [1.82, 2.24) is 9.97 Å². The Bertz CT molecular complexity index is 1750. The molecule has 0 radical (unpaired) electrons. The Labute approximate surface area is 204 Å². The molecule has 168 valence electrons. The minimum Gasteiger partial charge on any atom is -0.358 e. The van der Waals surface area contributed by atoms with Gasteiger partial charge in [0.1, 0.15) is 0 Å². The zero-order valence-corrected chi connectivity index (χ0v) is 19.9. The Hall–Kier alpha value is -4.30. The molecule has 0 aliphatic heterocycles. The van der Waals surface area contributed by atoms with Gasteiger partial charge in [0, 0.05) is 39.1 Å². The Balaban J connectivity index is 1.71. The maximum absolute atomic E-state index is 3.69. The van der Waals surface area contributed by atoms with E-state index in [0.29, 0.717) is 0 Å². The van der Waals surface area contributed by atoms with Crippen molar-refractivity contribution < 1.29 is 0 Å². The first-order chi connectivity index (χ1) is 17.2. The number of aromatic nitrogens is 2. The van der Waals surface area contributed by atoms with E-state index in [0.717, 1.165) is 0 Å². The number of hydrogen-bond donors (Lipinski definition) is 2. The summed E-state index contributed by atoms with van der Waals surface area (Å²) in [7, 11) is 0. The topological polar surface area (TPSA) is 31.6 Å². The summed E-state index contributed by atoms with van der Waals surface area (Å²) in [6.07, 6.45) is 0. The van der Waals surface area contributed by atoms with Crippen LogP contribution in [0.5, 0.6) is 0 Å². The van der Waals surface area contributed by atoms with Crippen molar-refractivity contribution in [2.24, 2.45) is 0 Å². The van der Waals surface area contributed by atoms with Crippen LogP contribution in [0.3, 0.4) is 0 Å². The third kappa shape index (κ3) is 2.96. The van der Waals surface area contributed by atoms with Crippen LogP contribution in [-0.2, 0) is 0 Å². The molecule has 35 heavy (non-hydrogen) atoms. The van der Waals surface area contributed by atoms with Crippen LogP contribution in [-0.4, -0.2) is 9.97 Å². The fourth-order valence-corrected chi connectivity index (χ4v) is 6.13. The molecule has 0 saturated heterocycles. The lowest BCUT2D eigenvalue weighted by Gasteiger charge is -2.24. The van der Waals surface area contributed by atoms with E-state index in [1.807, 2.05) is 0 Å². The van der Waals surface area contributed by atoms with Crippen LogP contribution in [0.25, 0.3) is 43.4 Å². The van der Waals surface area contributed by atoms with Gasteiger partial charge in [-0.25, -0.2) is 0 Å². The van der Waals surface area contributed by atoms with Crippen LogP contribution in [0.1, 0.15) is 34.0 Å². The van der Waals surface area contributed by atoms with Crippen molar-refractivity contribution in [2.45, 2.75) is 19.8 Å². The molecule has 0 bridgehead atoms. The Morgan fingerprint density at radius 2 is 0.857 bits per heavy atom. The summed E-state index contributed by atoms with van der Waals surface area (Å²) in [6.45, 7) is 4.44. The second kappa shape index (κ2) is 7.61. The average molecular weight is 451 g/mol. The van der Waals surface area contributed by atoms with Crippen molar-refractivity contribution in [3.63, 3.8) is 0 Å².